The van der Waals surface area contributed by atoms with Gasteiger partial charge in [-0.05, 0) is 0 Å². The van der Waals surface area contributed by atoms with Crippen molar-refractivity contribution in [2.24, 2.45) is 0 Å². The molecule has 0 fully saturated rings. The van der Waals surface area contributed by atoms with Gasteiger partial charge in [-0.3, -0.25) is 10.2 Å². The largest absolute Gasteiger partial charge is 0.309 e. The molecule has 1 heterocycles. The van der Waals surface area contributed by atoms with Gasteiger partial charge in [0.25, 0.3) is 0 Å². The molecule has 1 aliphatic heterocycles. The number of carbonyl (C=O) groups is 1. The van der Waals surface area contributed by atoms with E-state index in [2.05, 4.69) is 16.4 Å². The molecular formula is C4H7N3O. The number of carbonyl (C=O) groups excluding carboxylic acids is 1. The van der Waals surface area contributed by atoms with Crippen molar-refractivity contribution in [3.05, 3.63) is 11.9 Å². The zero-order valence-corrected chi connectivity index (χ0v) is 4.49. The summed E-state index contributed by atoms with van der Waals surface area (Å²) in [5.41, 5.74) is 8.32. The molecule has 4 nitrogen and oxygen atoms in total. The van der Waals surface area contributed by atoms with Gasteiger partial charge in [-0.15, -0.1) is 0 Å². The van der Waals surface area contributed by atoms with Crippen LogP contribution in [0.3, 0.4) is 0 Å². The summed E-state index contributed by atoms with van der Waals surface area (Å²) in [6.45, 7) is 1.49. The van der Waals surface area contributed by atoms with Gasteiger partial charge in [0.05, 0.1) is 0 Å². The summed E-state index contributed by atoms with van der Waals surface area (Å²) in [6.07, 6.45) is 1.57. The van der Waals surface area contributed by atoms with Gasteiger partial charge in [-0.25, -0.2) is 0 Å². The van der Waals surface area contributed by atoms with Crippen molar-refractivity contribution in [2.75, 3.05) is 0 Å². The highest BCUT2D eigenvalue weighted by atomic mass is 16.1. The van der Waals surface area contributed by atoms with Gasteiger partial charge in [-0.2, -0.15) is 5.53 Å². The third-order valence-corrected chi connectivity index (χ3v) is 0.865. The predicted octanol–water partition coefficient (Wildman–Crippen LogP) is -0.971. The van der Waals surface area contributed by atoms with E-state index in [-0.39, 0.29) is 5.78 Å². The zero-order chi connectivity index (χ0) is 5.98. The third-order valence-electron chi connectivity index (χ3n) is 0.865. The van der Waals surface area contributed by atoms with E-state index in [0.29, 0.717) is 5.70 Å². The first kappa shape index (κ1) is 5.11. The van der Waals surface area contributed by atoms with Gasteiger partial charge in [-0.1, -0.05) is 0 Å². The van der Waals surface area contributed by atoms with E-state index in [9.17, 15) is 4.79 Å². The molecule has 0 saturated heterocycles. The van der Waals surface area contributed by atoms with Gasteiger partial charge in [0.2, 0.25) is 0 Å². The van der Waals surface area contributed by atoms with Crippen LogP contribution in [0.15, 0.2) is 11.9 Å². The first-order valence-electron chi connectivity index (χ1n) is 2.28. The number of rotatable bonds is 1. The van der Waals surface area contributed by atoms with Gasteiger partial charge in [0.1, 0.15) is 5.70 Å². The average molecular weight is 113 g/mol. The number of hydrogen-bond acceptors (Lipinski definition) is 4. The Hall–Kier alpha value is -1.03. The maximum Gasteiger partial charge on any atom is 0.178 e. The Balaban J connectivity index is 2.57. The van der Waals surface area contributed by atoms with Gasteiger partial charge < -0.3 is 5.43 Å². The summed E-state index contributed by atoms with van der Waals surface area (Å²) in [5.74, 6) is 0.0162. The second kappa shape index (κ2) is 1.83. The molecule has 0 amide bonds. The molecule has 0 spiro atoms. The van der Waals surface area contributed by atoms with Crippen molar-refractivity contribution in [2.45, 2.75) is 6.92 Å². The van der Waals surface area contributed by atoms with Gasteiger partial charge in [0.15, 0.2) is 5.78 Å². The molecule has 0 unspecified atom stereocenters. The van der Waals surface area contributed by atoms with Crippen LogP contribution in [-0.4, -0.2) is 5.78 Å². The molecule has 1 rings (SSSR count). The summed E-state index contributed by atoms with van der Waals surface area (Å²) < 4.78 is 0. The first-order chi connectivity index (χ1) is 3.80. The van der Waals surface area contributed by atoms with Crippen molar-refractivity contribution in [3.8, 4) is 0 Å². The first-order valence-corrected chi connectivity index (χ1v) is 2.28. The molecule has 0 aromatic carbocycles. The maximum atomic E-state index is 10.4. The van der Waals surface area contributed by atoms with E-state index in [1.807, 2.05) is 0 Å². The van der Waals surface area contributed by atoms with Gasteiger partial charge >= 0.3 is 0 Å². The molecule has 3 N–H and O–H groups in total. The van der Waals surface area contributed by atoms with E-state index in [4.69, 9.17) is 0 Å². The molecule has 0 radical (unpaired) electrons. The Morgan fingerprint density at radius 3 is 2.75 bits per heavy atom. The highest BCUT2D eigenvalue weighted by Gasteiger charge is 2.04. The molecule has 0 saturated carbocycles. The molecule has 8 heavy (non-hydrogen) atoms. The second-order valence-corrected chi connectivity index (χ2v) is 1.51. The summed E-state index contributed by atoms with van der Waals surface area (Å²) in [6, 6.07) is 0. The zero-order valence-electron chi connectivity index (χ0n) is 4.49. The molecule has 1 aliphatic rings. The standard InChI is InChI=1S/C4H7N3O/c1-3(8)4-2-5-7-6-4/h2,5-7H,1H3. The Labute approximate surface area is 46.9 Å². The minimum Gasteiger partial charge on any atom is -0.309 e. The van der Waals surface area contributed by atoms with E-state index in [1.165, 1.54) is 6.92 Å². The van der Waals surface area contributed by atoms with Crippen molar-refractivity contribution >= 4 is 5.78 Å². The Kier molecular flexibility index (Phi) is 1.17. The highest BCUT2D eigenvalue weighted by Crippen LogP contribution is 1.88. The minimum atomic E-state index is 0.0162. The molecule has 44 valence electrons. The summed E-state index contributed by atoms with van der Waals surface area (Å²) >= 11 is 0. The number of ketones is 1. The Bertz CT molecular complexity index is 140. The van der Waals surface area contributed by atoms with Gasteiger partial charge in [0, 0.05) is 13.1 Å². The number of nitrogens with one attached hydrogen (secondary N) is 3. The second-order valence-electron chi connectivity index (χ2n) is 1.51. The average Bonchev–Trinajstić information content (AvgIpc) is 2.12. The van der Waals surface area contributed by atoms with E-state index >= 15 is 0 Å². The van der Waals surface area contributed by atoms with Crippen LogP contribution in [0.25, 0.3) is 0 Å². The SMILES string of the molecule is CC(=O)C1=CNNN1. The van der Waals surface area contributed by atoms with Crippen LogP contribution in [0.2, 0.25) is 0 Å². The Morgan fingerprint density at radius 1 is 1.75 bits per heavy atom. The Morgan fingerprint density at radius 2 is 2.50 bits per heavy atom. The van der Waals surface area contributed by atoms with Crippen molar-refractivity contribution < 1.29 is 4.79 Å². The van der Waals surface area contributed by atoms with Crippen LogP contribution < -0.4 is 16.4 Å². The van der Waals surface area contributed by atoms with E-state index in [0.717, 1.165) is 0 Å². The molecule has 4 heteroatoms. The normalized spacial score (nSPS) is 16.4. The van der Waals surface area contributed by atoms with Crippen molar-refractivity contribution in [1.82, 2.24) is 16.4 Å². The smallest absolute Gasteiger partial charge is 0.178 e. The van der Waals surface area contributed by atoms with E-state index < -0.39 is 0 Å². The molecule has 0 aromatic heterocycles. The number of Topliss-reactive ketones (excluding diaryl/α,β-unsaturated/α-hetero) is 1. The number of allylic oxidation sites excluding steroid dienone is 1. The fourth-order valence-electron chi connectivity index (χ4n) is 0.437. The van der Waals surface area contributed by atoms with Crippen LogP contribution in [0.4, 0.5) is 0 Å². The predicted molar refractivity (Wildman–Crippen MR) is 28.2 cm³/mol. The fraction of sp³-hybridized carbons (Fsp3) is 0.250. The van der Waals surface area contributed by atoms with Crippen LogP contribution in [0.1, 0.15) is 6.92 Å². The minimum absolute atomic E-state index is 0.0162. The van der Waals surface area contributed by atoms with Crippen LogP contribution in [0, 0.1) is 0 Å². The highest BCUT2D eigenvalue weighted by molar-refractivity contribution is 5.92. The van der Waals surface area contributed by atoms with Crippen LogP contribution in [0.5, 0.6) is 0 Å². The van der Waals surface area contributed by atoms with Crippen molar-refractivity contribution in [1.29, 1.82) is 0 Å². The van der Waals surface area contributed by atoms with Crippen LogP contribution in [-0.2, 0) is 4.79 Å². The molecule has 0 atom stereocenters. The molecule has 0 aliphatic carbocycles. The number of hydrazine groups is 2. The van der Waals surface area contributed by atoms with Crippen molar-refractivity contribution in [3.63, 3.8) is 0 Å². The lowest BCUT2D eigenvalue weighted by molar-refractivity contribution is -0.113. The fourth-order valence-corrected chi connectivity index (χ4v) is 0.437. The monoisotopic (exact) mass is 113 g/mol. The lowest BCUT2D eigenvalue weighted by atomic mass is 10.3. The summed E-state index contributed by atoms with van der Waals surface area (Å²) in [5, 5.41) is 0. The lowest BCUT2D eigenvalue weighted by Crippen LogP contribution is -2.32. The maximum absolute atomic E-state index is 10.4. The number of hydrogen-bond donors (Lipinski definition) is 3. The molecular weight excluding hydrogens is 106 g/mol. The third kappa shape index (κ3) is 0.788. The summed E-state index contributed by atoms with van der Waals surface area (Å²) in [7, 11) is 0. The summed E-state index contributed by atoms with van der Waals surface area (Å²) in [4.78, 5) is 10.4. The quantitative estimate of drug-likeness (QED) is 0.409. The lowest BCUT2D eigenvalue weighted by Gasteiger charge is -1.94. The van der Waals surface area contributed by atoms with E-state index in [1.54, 1.807) is 6.20 Å². The van der Waals surface area contributed by atoms with Crippen LogP contribution >= 0.6 is 0 Å². The topological polar surface area (TPSA) is 53.2 Å². The molecule has 0 bridgehead atoms. The molecule has 0 aromatic rings.